The number of carbonyl (C=O) groups is 1. The minimum absolute atomic E-state index is 0.232. The van der Waals surface area contributed by atoms with Gasteiger partial charge in [0.25, 0.3) is 0 Å². The second-order valence-electron chi connectivity index (χ2n) is 6.80. The van der Waals surface area contributed by atoms with Crippen molar-refractivity contribution >= 4 is 48.5 Å². The molecule has 2 atom stereocenters. The minimum atomic E-state index is -3.28. The molecular formula is C19H18N2O4S2. The fourth-order valence-corrected chi connectivity index (χ4v) is 4.50. The van der Waals surface area contributed by atoms with Crippen LogP contribution in [-0.2, 0) is 14.6 Å². The zero-order chi connectivity index (χ0) is 19.2. The second kappa shape index (κ2) is 6.61. The third kappa shape index (κ3) is 3.96. The van der Waals surface area contributed by atoms with Crippen LogP contribution in [0.15, 0.2) is 45.7 Å². The molecule has 1 amide bonds. The topological polar surface area (TPSA) is 89.3 Å². The normalized spacial score (nSPS) is 19.6. The Morgan fingerprint density at radius 3 is 2.81 bits per heavy atom. The molecule has 1 saturated carbocycles. The van der Waals surface area contributed by atoms with E-state index < -0.39 is 9.84 Å². The van der Waals surface area contributed by atoms with Crippen LogP contribution in [-0.4, -0.2) is 25.6 Å². The second-order valence-corrected chi connectivity index (χ2v) is 9.85. The summed E-state index contributed by atoms with van der Waals surface area (Å²) in [5.41, 5.74) is 0.640. The average molecular weight is 402 g/mol. The van der Waals surface area contributed by atoms with Gasteiger partial charge < -0.3 is 4.42 Å². The predicted molar refractivity (Wildman–Crippen MR) is 106 cm³/mol. The number of hydrogen-bond acceptors (Lipinski definition) is 6. The summed E-state index contributed by atoms with van der Waals surface area (Å²) in [5, 5.41) is 3.11. The van der Waals surface area contributed by atoms with Crippen molar-refractivity contribution in [1.29, 1.82) is 0 Å². The van der Waals surface area contributed by atoms with E-state index in [4.69, 9.17) is 4.42 Å². The van der Waals surface area contributed by atoms with E-state index in [-0.39, 0.29) is 10.8 Å². The summed E-state index contributed by atoms with van der Waals surface area (Å²) in [6.45, 7) is 2.19. The molecule has 1 aromatic carbocycles. The van der Waals surface area contributed by atoms with Crippen LogP contribution in [0.25, 0.3) is 16.3 Å². The molecular weight excluding hydrogens is 384 g/mol. The molecule has 1 aliphatic carbocycles. The number of nitrogens with one attached hydrogen (secondary N) is 1. The van der Waals surface area contributed by atoms with Gasteiger partial charge in [-0.05, 0) is 48.7 Å². The van der Waals surface area contributed by atoms with Crippen LogP contribution < -0.4 is 5.32 Å². The van der Waals surface area contributed by atoms with E-state index in [1.165, 1.54) is 23.5 Å². The van der Waals surface area contributed by atoms with Crippen LogP contribution in [0.4, 0.5) is 5.13 Å². The Labute approximate surface area is 160 Å². The number of hydrogen-bond donors (Lipinski definition) is 1. The Bertz CT molecular complexity index is 1160. The number of anilines is 1. The fourth-order valence-electron chi connectivity index (χ4n) is 2.87. The van der Waals surface area contributed by atoms with Crippen molar-refractivity contribution in [2.75, 3.05) is 11.6 Å². The lowest BCUT2D eigenvalue weighted by Gasteiger charge is -1.96. The molecule has 0 bridgehead atoms. The van der Waals surface area contributed by atoms with Crippen LogP contribution >= 0.6 is 11.3 Å². The number of nitrogens with zero attached hydrogens (tertiary/aromatic N) is 1. The quantitative estimate of drug-likeness (QED) is 0.650. The molecule has 0 radical (unpaired) electrons. The maximum atomic E-state index is 12.1. The molecule has 1 aliphatic rings. The van der Waals surface area contributed by atoms with E-state index in [9.17, 15) is 13.2 Å². The third-order valence-corrected chi connectivity index (χ3v) is 6.58. The predicted octanol–water partition coefficient (Wildman–Crippen LogP) is 4.07. The molecule has 1 N–H and O–H groups in total. The van der Waals surface area contributed by atoms with Gasteiger partial charge in [0.1, 0.15) is 11.5 Å². The average Bonchev–Trinajstić information content (AvgIpc) is 3.01. The summed E-state index contributed by atoms with van der Waals surface area (Å²) in [6, 6.07) is 8.53. The van der Waals surface area contributed by atoms with Crippen LogP contribution in [0.2, 0.25) is 0 Å². The van der Waals surface area contributed by atoms with Gasteiger partial charge in [-0.1, -0.05) is 18.3 Å². The Hall–Kier alpha value is -2.45. The SMILES string of the molecule is CC1CC1c1ccc(C=CC(=O)Nc2nc3ccc(S(C)(=O)=O)cc3s2)o1. The first-order valence-corrected chi connectivity index (χ1v) is 11.2. The van der Waals surface area contributed by atoms with Gasteiger partial charge in [0.15, 0.2) is 15.0 Å². The molecule has 27 heavy (non-hydrogen) atoms. The van der Waals surface area contributed by atoms with Gasteiger partial charge in [-0.25, -0.2) is 13.4 Å². The molecule has 6 nitrogen and oxygen atoms in total. The van der Waals surface area contributed by atoms with E-state index in [1.54, 1.807) is 18.2 Å². The molecule has 2 aromatic heterocycles. The van der Waals surface area contributed by atoms with Crippen molar-refractivity contribution in [2.24, 2.45) is 5.92 Å². The Kier molecular flexibility index (Phi) is 4.39. The maximum Gasteiger partial charge on any atom is 0.250 e. The number of amides is 1. The number of aromatic nitrogens is 1. The summed E-state index contributed by atoms with van der Waals surface area (Å²) >= 11 is 1.23. The lowest BCUT2D eigenvalue weighted by Crippen LogP contribution is -2.07. The van der Waals surface area contributed by atoms with Crippen LogP contribution in [0.1, 0.15) is 30.8 Å². The number of rotatable bonds is 5. The van der Waals surface area contributed by atoms with Crippen molar-refractivity contribution in [3.05, 3.63) is 47.9 Å². The summed E-state index contributed by atoms with van der Waals surface area (Å²) < 4.78 is 29.7. The van der Waals surface area contributed by atoms with Gasteiger partial charge in [-0.2, -0.15) is 0 Å². The standard InChI is InChI=1S/C19H18N2O4S2/c1-11-9-14(11)16-7-3-12(25-16)4-8-18(22)21-19-20-15-6-5-13(27(2,23)24)10-17(15)26-19/h3-8,10-11,14H,9H2,1-2H3,(H,20,21,22). The molecule has 8 heteroatoms. The van der Waals surface area contributed by atoms with Crippen molar-refractivity contribution in [3.8, 4) is 0 Å². The van der Waals surface area contributed by atoms with Gasteiger partial charge in [0.05, 0.1) is 15.1 Å². The molecule has 140 valence electrons. The van der Waals surface area contributed by atoms with E-state index in [0.29, 0.717) is 32.9 Å². The van der Waals surface area contributed by atoms with E-state index in [2.05, 4.69) is 17.2 Å². The molecule has 2 unspecified atom stereocenters. The smallest absolute Gasteiger partial charge is 0.250 e. The van der Waals surface area contributed by atoms with Gasteiger partial charge >= 0.3 is 0 Å². The van der Waals surface area contributed by atoms with Crippen LogP contribution in [0.3, 0.4) is 0 Å². The minimum Gasteiger partial charge on any atom is -0.461 e. The van der Waals surface area contributed by atoms with E-state index in [0.717, 1.165) is 18.4 Å². The molecule has 0 aliphatic heterocycles. The van der Waals surface area contributed by atoms with Crippen molar-refractivity contribution in [3.63, 3.8) is 0 Å². The number of thiazole rings is 1. The largest absolute Gasteiger partial charge is 0.461 e. The van der Waals surface area contributed by atoms with Crippen molar-refractivity contribution < 1.29 is 17.6 Å². The lowest BCUT2D eigenvalue weighted by atomic mass is 10.3. The molecule has 0 spiro atoms. The highest BCUT2D eigenvalue weighted by atomic mass is 32.2. The maximum absolute atomic E-state index is 12.1. The summed E-state index contributed by atoms with van der Waals surface area (Å²) in [5.74, 6) is 2.45. The molecule has 4 rings (SSSR count). The summed E-state index contributed by atoms with van der Waals surface area (Å²) in [4.78, 5) is 16.7. The number of furan rings is 1. The van der Waals surface area contributed by atoms with Crippen LogP contribution in [0.5, 0.6) is 0 Å². The first-order valence-electron chi connectivity index (χ1n) is 8.49. The van der Waals surface area contributed by atoms with E-state index >= 15 is 0 Å². The molecule has 1 fully saturated rings. The summed E-state index contributed by atoms with van der Waals surface area (Å²) in [7, 11) is -3.28. The Morgan fingerprint density at radius 1 is 1.33 bits per heavy atom. The molecule has 2 heterocycles. The van der Waals surface area contributed by atoms with Crippen LogP contribution in [0, 0.1) is 5.92 Å². The monoisotopic (exact) mass is 402 g/mol. The van der Waals surface area contributed by atoms with E-state index in [1.807, 2.05) is 12.1 Å². The zero-order valence-corrected chi connectivity index (χ0v) is 16.4. The highest BCUT2D eigenvalue weighted by Gasteiger charge is 2.36. The number of carbonyl (C=O) groups excluding carboxylic acids is 1. The van der Waals surface area contributed by atoms with Crippen molar-refractivity contribution in [1.82, 2.24) is 4.98 Å². The number of sulfone groups is 1. The first-order chi connectivity index (χ1) is 12.8. The Balaban J connectivity index is 1.45. The number of fused-ring (bicyclic) bond motifs is 1. The number of benzene rings is 1. The zero-order valence-electron chi connectivity index (χ0n) is 14.8. The van der Waals surface area contributed by atoms with Crippen molar-refractivity contribution in [2.45, 2.75) is 24.2 Å². The third-order valence-electron chi connectivity index (χ3n) is 4.54. The molecule has 3 aromatic rings. The highest BCUT2D eigenvalue weighted by molar-refractivity contribution is 7.90. The first kappa shape index (κ1) is 17.9. The van der Waals surface area contributed by atoms with Gasteiger partial charge in [-0.15, -0.1) is 0 Å². The molecule has 0 saturated heterocycles. The van der Waals surface area contributed by atoms with Gasteiger partial charge in [0.2, 0.25) is 5.91 Å². The van der Waals surface area contributed by atoms with Gasteiger partial charge in [0, 0.05) is 18.2 Å². The highest BCUT2D eigenvalue weighted by Crippen LogP contribution is 2.47. The Morgan fingerprint density at radius 2 is 2.11 bits per heavy atom. The van der Waals surface area contributed by atoms with Gasteiger partial charge in [-0.3, -0.25) is 10.1 Å². The summed E-state index contributed by atoms with van der Waals surface area (Å²) in [6.07, 6.45) is 5.33. The fraction of sp³-hybridized carbons (Fsp3) is 0.263. The lowest BCUT2D eigenvalue weighted by molar-refractivity contribution is -0.111.